The van der Waals surface area contributed by atoms with Crippen LogP contribution in [0.5, 0.6) is 0 Å². The summed E-state index contributed by atoms with van der Waals surface area (Å²) in [5.41, 5.74) is 2.71. The van der Waals surface area contributed by atoms with E-state index in [9.17, 15) is 0 Å². The number of aliphatic imine (C=N–C) groups is 1. The molecule has 3 saturated heterocycles. The van der Waals surface area contributed by atoms with Crippen LogP contribution in [0.2, 0.25) is 0 Å². The minimum atomic E-state index is 0.256. The topological polar surface area (TPSA) is 43.3 Å². The van der Waals surface area contributed by atoms with Crippen molar-refractivity contribution in [2.24, 2.45) is 10.9 Å². The van der Waals surface area contributed by atoms with Gasteiger partial charge >= 0.3 is 0 Å². The molecule has 32 heavy (non-hydrogen) atoms. The molecule has 6 heteroatoms. The molecule has 2 aromatic rings. The van der Waals surface area contributed by atoms with Crippen LogP contribution in [0.3, 0.4) is 0 Å². The number of ether oxygens (including phenoxy) is 1. The smallest absolute Gasteiger partial charge is 0.193 e. The van der Waals surface area contributed by atoms with Crippen LogP contribution < -0.4 is 10.2 Å². The maximum atomic E-state index is 6.16. The van der Waals surface area contributed by atoms with Gasteiger partial charge in [0.15, 0.2) is 5.96 Å². The van der Waals surface area contributed by atoms with E-state index in [0.29, 0.717) is 12.0 Å². The molecule has 0 spiro atoms. The van der Waals surface area contributed by atoms with Crippen LogP contribution in [0.4, 0.5) is 5.69 Å². The van der Waals surface area contributed by atoms with Gasteiger partial charge in [0.2, 0.25) is 0 Å². The molecule has 6 nitrogen and oxygen atoms in total. The van der Waals surface area contributed by atoms with E-state index >= 15 is 0 Å². The van der Waals surface area contributed by atoms with Crippen molar-refractivity contribution in [3.8, 4) is 0 Å². The van der Waals surface area contributed by atoms with Gasteiger partial charge in [-0.15, -0.1) is 0 Å². The van der Waals surface area contributed by atoms with Gasteiger partial charge in [0.05, 0.1) is 18.8 Å². The fourth-order valence-electron chi connectivity index (χ4n) is 5.39. The van der Waals surface area contributed by atoms with Crippen molar-refractivity contribution in [2.45, 2.75) is 25.1 Å². The van der Waals surface area contributed by atoms with E-state index in [1.807, 2.05) is 7.05 Å². The number of nitrogens with zero attached hydrogens (tertiary/aromatic N) is 4. The quantitative estimate of drug-likeness (QED) is 0.580. The summed E-state index contributed by atoms with van der Waals surface area (Å²) < 4.78 is 6.16. The van der Waals surface area contributed by atoms with E-state index in [1.54, 1.807) is 0 Å². The number of morpholine rings is 1. The summed E-state index contributed by atoms with van der Waals surface area (Å²) in [6, 6.07) is 22.0. The lowest BCUT2D eigenvalue weighted by molar-refractivity contribution is -0.0502. The number of hydrogen-bond acceptors (Lipinski definition) is 4. The molecule has 0 bridgehead atoms. The number of para-hydroxylation sites is 1. The molecule has 2 aromatic carbocycles. The Hall–Kier alpha value is -2.57. The fourth-order valence-corrected chi connectivity index (χ4v) is 5.39. The first-order valence-electron chi connectivity index (χ1n) is 12.0. The molecule has 0 aliphatic carbocycles. The zero-order valence-electron chi connectivity index (χ0n) is 19.1. The molecule has 3 heterocycles. The molecule has 3 fully saturated rings. The van der Waals surface area contributed by atoms with Gasteiger partial charge in [0.1, 0.15) is 0 Å². The van der Waals surface area contributed by atoms with Crippen LogP contribution in [0.25, 0.3) is 0 Å². The first-order chi connectivity index (χ1) is 15.8. The van der Waals surface area contributed by atoms with Crippen molar-refractivity contribution in [2.75, 3.05) is 57.8 Å². The largest absolute Gasteiger partial charge is 0.373 e. The molecule has 0 aromatic heterocycles. The van der Waals surface area contributed by atoms with Gasteiger partial charge < -0.3 is 19.9 Å². The van der Waals surface area contributed by atoms with Crippen molar-refractivity contribution in [3.63, 3.8) is 0 Å². The number of likely N-dealkylation sites (tertiary alicyclic amines) is 1. The summed E-state index contributed by atoms with van der Waals surface area (Å²) in [5, 5.41) is 3.67. The minimum absolute atomic E-state index is 0.256. The van der Waals surface area contributed by atoms with Crippen molar-refractivity contribution in [3.05, 3.63) is 66.2 Å². The number of fused-ring (bicyclic) bond motifs is 1. The number of nitrogens with one attached hydrogen (secondary N) is 1. The Morgan fingerprint density at radius 2 is 1.78 bits per heavy atom. The zero-order valence-corrected chi connectivity index (χ0v) is 19.1. The molecule has 0 amide bonds. The monoisotopic (exact) mass is 433 g/mol. The van der Waals surface area contributed by atoms with Crippen molar-refractivity contribution < 1.29 is 4.74 Å². The Morgan fingerprint density at radius 1 is 1.00 bits per heavy atom. The van der Waals surface area contributed by atoms with Gasteiger partial charge in [-0.05, 0) is 30.0 Å². The highest BCUT2D eigenvalue weighted by Gasteiger charge is 2.41. The van der Waals surface area contributed by atoms with Gasteiger partial charge in [0.25, 0.3) is 0 Å². The standard InChI is InChI=1S/C26H35N5O/c1-27-26(28-16-22-12-13-29(18-22)23-10-6-3-7-11-23)31-19-24-25(20-31)32-15-14-30(24)17-21-8-4-2-5-9-21/h2-11,22,24-25H,12-20H2,1H3,(H,27,28). The highest BCUT2D eigenvalue weighted by Crippen LogP contribution is 2.26. The summed E-state index contributed by atoms with van der Waals surface area (Å²) in [4.78, 5) is 12.1. The third-order valence-corrected chi connectivity index (χ3v) is 7.11. The highest BCUT2D eigenvalue weighted by molar-refractivity contribution is 5.80. The maximum absolute atomic E-state index is 6.16. The predicted octanol–water partition coefficient (Wildman–Crippen LogP) is 2.67. The zero-order chi connectivity index (χ0) is 21.8. The Bertz CT molecular complexity index is 890. The van der Waals surface area contributed by atoms with Gasteiger partial charge in [-0.2, -0.15) is 0 Å². The number of rotatable bonds is 5. The molecule has 5 rings (SSSR count). The molecular formula is C26H35N5O. The van der Waals surface area contributed by atoms with Crippen LogP contribution in [0.1, 0.15) is 12.0 Å². The van der Waals surface area contributed by atoms with E-state index in [1.165, 1.54) is 17.7 Å². The second kappa shape index (κ2) is 9.92. The molecule has 0 radical (unpaired) electrons. The molecule has 3 aliphatic heterocycles. The summed E-state index contributed by atoms with van der Waals surface area (Å²) in [5.74, 6) is 1.66. The van der Waals surface area contributed by atoms with Crippen LogP contribution in [-0.4, -0.2) is 80.8 Å². The molecule has 1 N–H and O–H groups in total. The number of hydrogen-bond donors (Lipinski definition) is 1. The minimum Gasteiger partial charge on any atom is -0.373 e. The van der Waals surface area contributed by atoms with Gasteiger partial charge in [-0.1, -0.05) is 48.5 Å². The maximum Gasteiger partial charge on any atom is 0.193 e. The lowest BCUT2D eigenvalue weighted by atomic mass is 10.1. The summed E-state index contributed by atoms with van der Waals surface area (Å²) in [6.45, 7) is 7.88. The normalized spacial score (nSPS) is 26.4. The van der Waals surface area contributed by atoms with E-state index in [2.05, 4.69) is 85.7 Å². The number of benzene rings is 2. The first kappa shape index (κ1) is 21.3. The van der Waals surface area contributed by atoms with Crippen molar-refractivity contribution >= 4 is 11.6 Å². The lowest BCUT2D eigenvalue weighted by Crippen LogP contribution is -2.50. The molecule has 3 atom stereocenters. The highest BCUT2D eigenvalue weighted by atomic mass is 16.5. The van der Waals surface area contributed by atoms with Crippen LogP contribution >= 0.6 is 0 Å². The average molecular weight is 434 g/mol. The van der Waals surface area contributed by atoms with Crippen LogP contribution in [-0.2, 0) is 11.3 Å². The Morgan fingerprint density at radius 3 is 2.56 bits per heavy atom. The fraction of sp³-hybridized carbons (Fsp3) is 0.500. The van der Waals surface area contributed by atoms with Crippen LogP contribution in [0.15, 0.2) is 65.7 Å². The molecule has 3 aliphatic rings. The first-order valence-corrected chi connectivity index (χ1v) is 12.0. The van der Waals surface area contributed by atoms with Crippen molar-refractivity contribution in [1.82, 2.24) is 15.1 Å². The van der Waals surface area contributed by atoms with E-state index < -0.39 is 0 Å². The summed E-state index contributed by atoms with van der Waals surface area (Å²) in [7, 11) is 1.90. The Balaban J connectivity index is 1.15. The van der Waals surface area contributed by atoms with Gasteiger partial charge in [-0.3, -0.25) is 9.89 Å². The van der Waals surface area contributed by atoms with Crippen LogP contribution in [0, 0.1) is 5.92 Å². The molecular weight excluding hydrogens is 398 g/mol. The molecule has 170 valence electrons. The Labute approximate surface area is 191 Å². The van der Waals surface area contributed by atoms with Gasteiger partial charge in [0, 0.05) is 58.5 Å². The van der Waals surface area contributed by atoms with E-state index in [4.69, 9.17) is 4.74 Å². The second-order valence-electron chi connectivity index (χ2n) is 9.20. The second-order valence-corrected chi connectivity index (χ2v) is 9.20. The summed E-state index contributed by atoms with van der Waals surface area (Å²) in [6.07, 6.45) is 1.48. The predicted molar refractivity (Wildman–Crippen MR) is 130 cm³/mol. The van der Waals surface area contributed by atoms with E-state index in [0.717, 1.165) is 58.4 Å². The van der Waals surface area contributed by atoms with Crippen molar-refractivity contribution in [1.29, 1.82) is 0 Å². The van der Waals surface area contributed by atoms with E-state index in [-0.39, 0.29) is 6.10 Å². The third kappa shape index (κ3) is 4.76. The van der Waals surface area contributed by atoms with Gasteiger partial charge in [-0.25, -0.2) is 0 Å². The Kier molecular flexibility index (Phi) is 6.60. The number of anilines is 1. The average Bonchev–Trinajstić information content (AvgIpc) is 3.49. The molecule has 0 saturated carbocycles. The SMILES string of the molecule is CN=C(NCC1CCN(c2ccccc2)C1)N1CC2OCCN(Cc3ccccc3)C2C1. The number of guanidine groups is 1. The molecule has 3 unspecified atom stereocenters. The third-order valence-electron chi connectivity index (χ3n) is 7.11. The summed E-state index contributed by atoms with van der Waals surface area (Å²) >= 11 is 0. The lowest BCUT2D eigenvalue weighted by Gasteiger charge is -2.36.